The van der Waals surface area contributed by atoms with Crippen LogP contribution < -0.4 is 0 Å². The molecule has 13 heavy (non-hydrogen) atoms. The predicted molar refractivity (Wildman–Crippen MR) is 52.8 cm³/mol. The zero-order valence-electron chi connectivity index (χ0n) is 8.67. The molecule has 0 aliphatic rings. The molecule has 0 unspecified atom stereocenters. The summed E-state index contributed by atoms with van der Waals surface area (Å²) in [5, 5.41) is 13.2. The molecule has 1 N–H and O–H groups in total. The molecule has 0 amide bonds. The van der Waals surface area contributed by atoms with Crippen LogP contribution in [-0.4, -0.2) is 21.5 Å². The summed E-state index contributed by atoms with van der Waals surface area (Å²) in [6.07, 6.45) is 1.77. The minimum Gasteiger partial charge on any atom is -0.396 e. The molecule has 0 saturated carbocycles. The summed E-state index contributed by atoms with van der Waals surface area (Å²) in [5.74, 6) is 0. The second-order valence-corrected chi connectivity index (χ2v) is 3.29. The Bertz CT molecular complexity index is 279. The van der Waals surface area contributed by atoms with Crippen LogP contribution in [0, 0.1) is 13.8 Å². The maximum absolute atomic E-state index is 8.75. The fraction of sp³-hybridized carbons (Fsp3) is 0.700. The van der Waals surface area contributed by atoms with Crippen molar-refractivity contribution in [1.29, 1.82) is 0 Å². The van der Waals surface area contributed by atoms with Crippen LogP contribution in [-0.2, 0) is 13.0 Å². The molecule has 0 aliphatic heterocycles. The summed E-state index contributed by atoms with van der Waals surface area (Å²) in [7, 11) is 0. The lowest BCUT2D eigenvalue weighted by Crippen LogP contribution is -1.99. The molecular weight excluding hydrogens is 164 g/mol. The first-order valence-electron chi connectivity index (χ1n) is 4.84. The number of aliphatic hydroxyl groups excluding tert-OH is 1. The zero-order valence-corrected chi connectivity index (χ0v) is 8.67. The van der Waals surface area contributed by atoms with Crippen LogP contribution in [0.15, 0.2) is 0 Å². The molecule has 0 radical (unpaired) electrons. The van der Waals surface area contributed by atoms with Crippen LogP contribution in [0.2, 0.25) is 0 Å². The molecule has 3 nitrogen and oxygen atoms in total. The van der Waals surface area contributed by atoms with E-state index in [2.05, 4.69) is 18.9 Å². The highest BCUT2D eigenvalue weighted by atomic mass is 16.2. The molecule has 1 aromatic heterocycles. The van der Waals surface area contributed by atoms with Gasteiger partial charge in [-0.05, 0) is 39.2 Å². The lowest BCUT2D eigenvalue weighted by molar-refractivity contribution is 0.288. The lowest BCUT2D eigenvalue weighted by Gasteiger charge is -2.01. The topological polar surface area (TPSA) is 38.0 Å². The van der Waals surface area contributed by atoms with Gasteiger partial charge in [-0.25, -0.2) is 0 Å². The van der Waals surface area contributed by atoms with Crippen LogP contribution >= 0.6 is 0 Å². The van der Waals surface area contributed by atoms with E-state index < -0.39 is 0 Å². The summed E-state index contributed by atoms with van der Waals surface area (Å²) in [6.45, 7) is 7.40. The van der Waals surface area contributed by atoms with Crippen molar-refractivity contribution in [2.45, 2.75) is 40.2 Å². The summed E-state index contributed by atoms with van der Waals surface area (Å²) in [6, 6.07) is 0. The number of aryl methyl sites for hydroxylation is 2. The van der Waals surface area contributed by atoms with Gasteiger partial charge in [0, 0.05) is 18.8 Å². The molecule has 0 saturated heterocycles. The van der Waals surface area contributed by atoms with Crippen molar-refractivity contribution in [3.05, 3.63) is 17.0 Å². The Morgan fingerprint density at radius 2 is 2.08 bits per heavy atom. The largest absolute Gasteiger partial charge is 0.396 e. The molecule has 1 rings (SSSR count). The molecule has 0 atom stereocenters. The fourth-order valence-corrected chi connectivity index (χ4v) is 1.66. The summed E-state index contributed by atoms with van der Waals surface area (Å²) in [4.78, 5) is 0. The van der Waals surface area contributed by atoms with E-state index in [0.717, 1.165) is 25.1 Å². The van der Waals surface area contributed by atoms with Gasteiger partial charge in [0.05, 0.1) is 5.69 Å². The normalized spacial score (nSPS) is 10.8. The highest BCUT2D eigenvalue weighted by Crippen LogP contribution is 2.14. The van der Waals surface area contributed by atoms with Crippen LogP contribution in [0.5, 0.6) is 0 Å². The Balaban J connectivity index is 2.85. The van der Waals surface area contributed by atoms with E-state index in [1.54, 1.807) is 0 Å². The Morgan fingerprint density at radius 1 is 1.38 bits per heavy atom. The monoisotopic (exact) mass is 182 g/mol. The first-order chi connectivity index (χ1) is 6.20. The van der Waals surface area contributed by atoms with Gasteiger partial charge in [-0.2, -0.15) is 5.10 Å². The third-order valence-electron chi connectivity index (χ3n) is 2.42. The van der Waals surface area contributed by atoms with Gasteiger partial charge in [0.2, 0.25) is 0 Å². The predicted octanol–water partition coefficient (Wildman–Crippen LogP) is 1.44. The molecule has 74 valence electrons. The van der Waals surface area contributed by atoms with Crippen molar-refractivity contribution >= 4 is 0 Å². The molecule has 0 bridgehead atoms. The van der Waals surface area contributed by atoms with Gasteiger partial charge < -0.3 is 5.11 Å². The third-order valence-corrected chi connectivity index (χ3v) is 2.42. The first-order valence-corrected chi connectivity index (χ1v) is 4.84. The Morgan fingerprint density at radius 3 is 2.54 bits per heavy atom. The SMILES string of the molecule is CCn1nc(C)c(CCCO)c1C. The average molecular weight is 182 g/mol. The van der Waals surface area contributed by atoms with E-state index in [4.69, 9.17) is 5.11 Å². The molecule has 0 spiro atoms. The highest BCUT2D eigenvalue weighted by molar-refractivity contribution is 5.24. The number of hydrogen-bond acceptors (Lipinski definition) is 2. The van der Waals surface area contributed by atoms with Gasteiger partial charge in [0.15, 0.2) is 0 Å². The maximum atomic E-state index is 8.75. The Kier molecular flexibility index (Phi) is 3.48. The van der Waals surface area contributed by atoms with Gasteiger partial charge in [0.1, 0.15) is 0 Å². The smallest absolute Gasteiger partial charge is 0.0628 e. The Labute approximate surface area is 79.4 Å². The van der Waals surface area contributed by atoms with Crippen LogP contribution in [0.3, 0.4) is 0 Å². The van der Waals surface area contributed by atoms with Gasteiger partial charge in [-0.15, -0.1) is 0 Å². The molecule has 1 heterocycles. The maximum Gasteiger partial charge on any atom is 0.0628 e. The van der Waals surface area contributed by atoms with Gasteiger partial charge in [-0.3, -0.25) is 4.68 Å². The van der Waals surface area contributed by atoms with Crippen molar-refractivity contribution in [2.75, 3.05) is 6.61 Å². The first kappa shape index (κ1) is 10.3. The van der Waals surface area contributed by atoms with E-state index in [9.17, 15) is 0 Å². The van der Waals surface area contributed by atoms with Gasteiger partial charge >= 0.3 is 0 Å². The van der Waals surface area contributed by atoms with Crippen LogP contribution in [0.1, 0.15) is 30.3 Å². The number of hydrogen-bond donors (Lipinski definition) is 1. The van der Waals surface area contributed by atoms with Crippen LogP contribution in [0.4, 0.5) is 0 Å². The summed E-state index contributed by atoms with van der Waals surface area (Å²) >= 11 is 0. The Hall–Kier alpha value is -0.830. The molecule has 0 aromatic carbocycles. The van der Waals surface area contributed by atoms with E-state index in [-0.39, 0.29) is 6.61 Å². The van der Waals surface area contributed by atoms with E-state index in [1.165, 1.54) is 11.3 Å². The lowest BCUT2D eigenvalue weighted by atomic mass is 10.1. The van der Waals surface area contributed by atoms with Crippen molar-refractivity contribution < 1.29 is 5.11 Å². The second-order valence-electron chi connectivity index (χ2n) is 3.29. The zero-order chi connectivity index (χ0) is 9.84. The van der Waals surface area contributed by atoms with E-state index in [1.807, 2.05) is 11.6 Å². The molecule has 3 heteroatoms. The molecular formula is C10H18N2O. The van der Waals surface area contributed by atoms with Crippen molar-refractivity contribution in [2.24, 2.45) is 0 Å². The van der Waals surface area contributed by atoms with E-state index >= 15 is 0 Å². The molecule has 0 fully saturated rings. The van der Waals surface area contributed by atoms with E-state index in [0.29, 0.717) is 0 Å². The second kappa shape index (κ2) is 4.42. The number of rotatable bonds is 4. The summed E-state index contributed by atoms with van der Waals surface area (Å²) < 4.78 is 2.02. The standard InChI is InChI=1S/C10H18N2O/c1-4-12-9(3)10(6-5-7-13)8(2)11-12/h13H,4-7H2,1-3H3. The van der Waals surface area contributed by atoms with Crippen molar-refractivity contribution in [3.8, 4) is 0 Å². The fourth-order valence-electron chi connectivity index (χ4n) is 1.66. The summed E-state index contributed by atoms with van der Waals surface area (Å²) in [5.41, 5.74) is 3.65. The van der Waals surface area contributed by atoms with Crippen LogP contribution in [0.25, 0.3) is 0 Å². The molecule has 0 aliphatic carbocycles. The number of aliphatic hydroxyl groups is 1. The minimum absolute atomic E-state index is 0.260. The third kappa shape index (κ3) is 2.10. The molecule has 1 aromatic rings. The van der Waals surface area contributed by atoms with Crippen molar-refractivity contribution in [3.63, 3.8) is 0 Å². The highest BCUT2D eigenvalue weighted by Gasteiger charge is 2.09. The quantitative estimate of drug-likeness (QED) is 0.765. The minimum atomic E-state index is 0.260. The van der Waals surface area contributed by atoms with Gasteiger partial charge in [-0.1, -0.05) is 0 Å². The van der Waals surface area contributed by atoms with Gasteiger partial charge in [0.25, 0.3) is 0 Å². The number of aromatic nitrogens is 2. The average Bonchev–Trinajstić information content (AvgIpc) is 2.39. The number of nitrogens with zero attached hydrogens (tertiary/aromatic N) is 2. The van der Waals surface area contributed by atoms with Crippen molar-refractivity contribution in [1.82, 2.24) is 9.78 Å².